The molecule has 1 saturated carbocycles. The highest BCUT2D eigenvalue weighted by atomic mass is 32.2. The number of aromatic nitrogens is 1. The van der Waals surface area contributed by atoms with Crippen molar-refractivity contribution in [3.05, 3.63) is 56.8 Å². The number of piperazine rings is 1. The van der Waals surface area contributed by atoms with Gasteiger partial charge in [0.2, 0.25) is 0 Å². The summed E-state index contributed by atoms with van der Waals surface area (Å²) in [6.07, 6.45) is -0.911. The van der Waals surface area contributed by atoms with Gasteiger partial charge in [0, 0.05) is 43.9 Å². The van der Waals surface area contributed by atoms with Crippen molar-refractivity contribution in [2.75, 3.05) is 37.3 Å². The standard InChI is InChI=1S/C22H20F3N5O3S/c1-34-20-16(12-26)15(11-17(27-20)13-2-3-13)21(31)29-8-6-28(7-9-29)18-5-4-14(22(23,24)25)10-19(18)30(32)33/h4-5,10-11,13H,2-3,6-9H2,1H3. The summed E-state index contributed by atoms with van der Waals surface area (Å²) < 4.78 is 39.0. The maximum Gasteiger partial charge on any atom is 0.416 e. The number of anilines is 1. The average Bonchev–Trinajstić information content (AvgIpc) is 3.67. The van der Waals surface area contributed by atoms with Crippen LogP contribution in [-0.4, -0.2) is 53.1 Å². The number of nitrogens with zero attached hydrogens (tertiary/aromatic N) is 5. The van der Waals surface area contributed by atoms with Crippen LogP contribution in [0.4, 0.5) is 24.5 Å². The molecular formula is C22H20F3N5O3S. The Kier molecular flexibility index (Phi) is 6.40. The summed E-state index contributed by atoms with van der Waals surface area (Å²) in [5.74, 6) is -0.0278. The van der Waals surface area contributed by atoms with Gasteiger partial charge >= 0.3 is 6.18 Å². The first kappa shape index (κ1) is 23.8. The highest BCUT2D eigenvalue weighted by molar-refractivity contribution is 7.98. The summed E-state index contributed by atoms with van der Waals surface area (Å²) in [5.41, 5.74) is -0.331. The largest absolute Gasteiger partial charge is 0.416 e. The Bertz CT molecular complexity index is 1190. The van der Waals surface area contributed by atoms with Crippen molar-refractivity contribution >= 4 is 29.0 Å². The molecule has 2 aromatic rings. The molecule has 178 valence electrons. The third-order valence-corrected chi connectivity index (χ3v) is 6.63. The lowest BCUT2D eigenvalue weighted by atomic mass is 10.1. The normalized spacial score (nSPS) is 16.3. The molecule has 0 spiro atoms. The number of pyridine rings is 1. The second kappa shape index (κ2) is 9.13. The van der Waals surface area contributed by atoms with Gasteiger partial charge < -0.3 is 9.80 Å². The van der Waals surface area contributed by atoms with Crippen molar-refractivity contribution in [3.63, 3.8) is 0 Å². The molecule has 2 fully saturated rings. The number of nitro groups is 1. The van der Waals surface area contributed by atoms with E-state index in [-0.39, 0.29) is 48.9 Å². The number of carbonyl (C=O) groups excluding carboxylic acids is 1. The molecule has 1 aliphatic carbocycles. The van der Waals surface area contributed by atoms with E-state index in [4.69, 9.17) is 0 Å². The molecule has 1 saturated heterocycles. The molecule has 12 heteroatoms. The van der Waals surface area contributed by atoms with Gasteiger partial charge in [-0.15, -0.1) is 11.8 Å². The number of alkyl halides is 3. The fraction of sp³-hybridized carbons (Fsp3) is 0.409. The average molecular weight is 491 g/mol. The molecular weight excluding hydrogens is 471 g/mol. The second-order valence-corrected chi connectivity index (χ2v) is 8.90. The fourth-order valence-corrected chi connectivity index (χ4v) is 4.54. The lowest BCUT2D eigenvalue weighted by Gasteiger charge is -2.36. The molecule has 2 aliphatic rings. The topological polar surface area (TPSA) is 103 Å². The zero-order valence-electron chi connectivity index (χ0n) is 18.1. The molecule has 2 heterocycles. The Morgan fingerprint density at radius 2 is 1.91 bits per heavy atom. The lowest BCUT2D eigenvalue weighted by molar-refractivity contribution is -0.384. The van der Waals surface area contributed by atoms with E-state index in [1.807, 2.05) is 0 Å². The van der Waals surface area contributed by atoms with Crippen molar-refractivity contribution in [2.45, 2.75) is 30.0 Å². The number of thioether (sulfide) groups is 1. The smallest absolute Gasteiger partial charge is 0.362 e. The number of hydrogen-bond donors (Lipinski definition) is 0. The van der Waals surface area contributed by atoms with Crippen molar-refractivity contribution in [3.8, 4) is 6.07 Å². The van der Waals surface area contributed by atoms with E-state index < -0.39 is 22.4 Å². The minimum Gasteiger partial charge on any atom is -0.362 e. The number of rotatable bonds is 5. The highest BCUT2D eigenvalue weighted by Gasteiger charge is 2.35. The van der Waals surface area contributed by atoms with E-state index in [1.54, 1.807) is 22.1 Å². The number of nitro benzene ring substituents is 1. The number of hydrogen-bond acceptors (Lipinski definition) is 7. The third-order valence-electron chi connectivity index (χ3n) is 5.94. The number of carbonyl (C=O) groups is 1. The first-order chi connectivity index (χ1) is 16.1. The minimum atomic E-state index is -4.69. The van der Waals surface area contributed by atoms with Crippen LogP contribution in [0.25, 0.3) is 0 Å². The molecule has 0 bridgehead atoms. The zero-order chi connectivity index (χ0) is 24.6. The fourth-order valence-electron chi connectivity index (χ4n) is 3.99. The van der Waals surface area contributed by atoms with Crippen LogP contribution in [-0.2, 0) is 6.18 Å². The molecule has 1 aromatic heterocycles. The molecule has 34 heavy (non-hydrogen) atoms. The summed E-state index contributed by atoms with van der Waals surface area (Å²) in [4.78, 5) is 31.6. The van der Waals surface area contributed by atoms with E-state index in [1.165, 1.54) is 11.8 Å². The lowest BCUT2D eigenvalue weighted by Crippen LogP contribution is -2.49. The summed E-state index contributed by atoms with van der Waals surface area (Å²) in [7, 11) is 0. The molecule has 0 unspecified atom stereocenters. The van der Waals surface area contributed by atoms with Crippen LogP contribution in [0.5, 0.6) is 0 Å². The second-order valence-electron chi connectivity index (χ2n) is 8.10. The van der Waals surface area contributed by atoms with Crippen LogP contribution >= 0.6 is 11.8 Å². The van der Waals surface area contributed by atoms with E-state index >= 15 is 0 Å². The summed E-state index contributed by atoms with van der Waals surface area (Å²) in [6, 6.07) is 6.22. The Labute approximate surface area is 197 Å². The first-order valence-corrected chi connectivity index (χ1v) is 11.8. The van der Waals surface area contributed by atoms with Crippen LogP contribution in [0.3, 0.4) is 0 Å². The Morgan fingerprint density at radius 3 is 2.44 bits per heavy atom. The van der Waals surface area contributed by atoms with E-state index in [9.17, 15) is 33.3 Å². The van der Waals surface area contributed by atoms with E-state index in [2.05, 4.69) is 11.1 Å². The van der Waals surface area contributed by atoms with Gasteiger partial charge in [0.25, 0.3) is 11.6 Å². The molecule has 1 amide bonds. The quantitative estimate of drug-likeness (QED) is 0.346. The van der Waals surface area contributed by atoms with Gasteiger partial charge in [0.05, 0.1) is 21.6 Å². The van der Waals surface area contributed by atoms with E-state index in [0.29, 0.717) is 17.0 Å². The maximum atomic E-state index is 13.3. The zero-order valence-corrected chi connectivity index (χ0v) is 18.9. The predicted molar refractivity (Wildman–Crippen MR) is 119 cm³/mol. The summed E-state index contributed by atoms with van der Waals surface area (Å²) >= 11 is 1.31. The van der Waals surface area contributed by atoms with Crippen molar-refractivity contribution in [1.82, 2.24) is 9.88 Å². The van der Waals surface area contributed by atoms with Crippen molar-refractivity contribution < 1.29 is 22.9 Å². The SMILES string of the molecule is CSc1nc(C2CC2)cc(C(=O)N2CCN(c3ccc(C(F)(F)F)cc3[N+](=O)[O-])CC2)c1C#N. The molecule has 0 radical (unpaired) electrons. The van der Waals surface area contributed by atoms with Crippen LogP contribution in [0.2, 0.25) is 0 Å². The van der Waals surface area contributed by atoms with Gasteiger partial charge in [-0.3, -0.25) is 14.9 Å². The molecule has 8 nitrogen and oxygen atoms in total. The highest BCUT2D eigenvalue weighted by Crippen LogP contribution is 2.41. The molecule has 4 rings (SSSR count). The Balaban J connectivity index is 1.55. The van der Waals surface area contributed by atoms with Crippen LogP contribution < -0.4 is 4.90 Å². The van der Waals surface area contributed by atoms with Gasteiger partial charge in [0.15, 0.2) is 0 Å². The first-order valence-electron chi connectivity index (χ1n) is 10.5. The summed E-state index contributed by atoms with van der Waals surface area (Å²) in [6.45, 7) is 0.820. The summed E-state index contributed by atoms with van der Waals surface area (Å²) in [5, 5.41) is 21.6. The monoisotopic (exact) mass is 491 g/mol. The van der Waals surface area contributed by atoms with Gasteiger partial charge in [-0.05, 0) is 37.3 Å². The van der Waals surface area contributed by atoms with Crippen molar-refractivity contribution in [2.24, 2.45) is 0 Å². The van der Waals surface area contributed by atoms with Gasteiger partial charge in [0.1, 0.15) is 16.8 Å². The third kappa shape index (κ3) is 4.65. The van der Waals surface area contributed by atoms with Crippen LogP contribution in [0, 0.1) is 21.4 Å². The predicted octanol–water partition coefficient (Wildman–Crippen LogP) is 4.44. The van der Waals surface area contributed by atoms with Gasteiger partial charge in [-0.1, -0.05) is 0 Å². The number of amides is 1. The van der Waals surface area contributed by atoms with Crippen LogP contribution in [0.1, 0.15) is 45.9 Å². The number of benzene rings is 1. The molecule has 0 atom stereocenters. The minimum absolute atomic E-state index is 0.0763. The number of halogens is 3. The Morgan fingerprint density at radius 1 is 1.24 bits per heavy atom. The number of nitriles is 1. The molecule has 1 aliphatic heterocycles. The van der Waals surface area contributed by atoms with Gasteiger partial charge in [-0.25, -0.2) is 4.98 Å². The molecule has 0 N–H and O–H groups in total. The molecule has 1 aromatic carbocycles. The van der Waals surface area contributed by atoms with Crippen LogP contribution in [0.15, 0.2) is 29.3 Å². The van der Waals surface area contributed by atoms with Crippen molar-refractivity contribution in [1.29, 1.82) is 5.26 Å². The Hall–Kier alpha value is -3.33. The maximum absolute atomic E-state index is 13.3. The van der Waals surface area contributed by atoms with E-state index in [0.717, 1.165) is 30.7 Å². The van der Waals surface area contributed by atoms with Gasteiger partial charge in [-0.2, -0.15) is 18.4 Å².